The Balaban J connectivity index is 0.000000204. The molecule has 20 atom stereocenters. The molecule has 6 saturated carbocycles. The van der Waals surface area contributed by atoms with E-state index in [0.29, 0.717) is 6.42 Å². The Bertz CT molecular complexity index is 2390. The van der Waals surface area contributed by atoms with E-state index in [4.69, 9.17) is 57.1 Å². The van der Waals surface area contributed by atoms with E-state index < -0.39 is 155 Å². The van der Waals surface area contributed by atoms with Crippen LogP contribution >= 0.6 is 64.8 Å². The fourth-order valence-electron chi connectivity index (χ4n) is 15.3. The van der Waals surface area contributed by atoms with Gasteiger partial charge in [-0.25, -0.2) is 22.4 Å². The van der Waals surface area contributed by atoms with Gasteiger partial charge in [-0.3, -0.25) is 24.0 Å². The Labute approximate surface area is 423 Å². The molecule has 2 N–H and O–H groups in total. The molecule has 20 heteroatoms. The van der Waals surface area contributed by atoms with Crippen molar-refractivity contribution in [2.24, 2.45) is 57.2 Å². The first-order chi connectivity index (χ1) is 32.0. The maximum absolute atomic E-state index is 17.3. The third-order valence-electron chi connectivity index (χ3n) is 18.4. The number of aliphatic hydroxyl groups is 2. The fourth-order valence-corrected chi connectivity index (χ4v) is 17.9. The van der Waals surface area contributed by atoms with E-state index >= 15 is 17.6 Å². The second-order valence-corrected chi connectivity index (χ2v) is 25.7. The number of ketones is 2. The third-order valence-corrected chi connectivity index (χ3v) is 21.0. The molecule has 0 aromatic heterocycles. The molecule has 0 amide bonds. The van der Waals surface area contributed by atoms with Crippen LogP contribution < -0.4 is 0 Å². The summed E-state index contributed by atoms with van der Waals surface area (Å²) in [5.41, 5.74) is -14.0. The molecule has 378 valence electrons. The number of halogens is 6. The lowest BCUT2D eigenvalue weighted by atomic mass is 9.44. The second kappa shape index (κ2) is 18.6. The van der Waals surface area contributed by atoms with Gasteiger partial charge in [0.2, 0.25) is 4.84 Å². The number of alkyl halides is 6. The minimum Gasteiger partial charge on any atom is -0.450 e. The first-order valence-corrected chi connectivity index (χ1v) is 27.2. The van der Waals surface area contributed by atoms with Crippen molar-refractivity contribution in [3.8, 4) is 0 Å². The van der Waals surface area contributed by atoms with Crippen LogP contribution in [0, 0.1) is 57.2 Å². The van der Waals surface area contributed by atoms with Crippen molar-refractivity contribution in [1.82, 2.24) is 0 Å². The number of carbonyl (C=O) groups is 6. The highest BCUT2D eigenvalue weighted by atomic mass is 35.5. The molecule has 0 radical (unpaired) electrons. The largest absolute Gasteiger partial charge is 0.450 e. The van der Waals surface area contributed by atoms with Crippen molar-refractivity contribution >= 4 is 110 Å². The van der Waals surface area contributed by atoms with Crippen LogP contribution in [-0.4, -0.2) is 107 Å². The zero-order valence-corrected chi connectivity index (χ0v) is 44.3. The molecule has 12 unspecified atom stereocenters. The van der Waals surface area contributed by atoms with Crippen LogP contribution in [0.3, 0.4) is 0 Å². The van der Waals surface area contributed by atoms with Gasteiger partial charge in [0.25, 0.3) is 0 Å². The molecule has 0 aromatic carbocycles. The molecule has 8 aliphatic rings. The van der Waals surface area contributed by atoms with E-state index in [9.17, 15) is 39.0 Å². The number of thiocarbonyl (C=S) groups is 2. The minimum atomic E-state index is -2.31. The number of ether oxygens (including phenoxy) is 2. The number of hydrogen-bond acceptors (Lipinski definition) is 12. The van der Waals surface area contributed by atoms with E-state index in [-0.39, 0.29) is 55.2 Å². The van der Waals surface area contributed by atoms with Crippen molar-refractivity contribution in [2.75, 3.05) is 0 Å². The highest BCUT2D eigenvalue weighted by Gasteiger charge is 2.80. The number of carbonyl (C=O) groups excluding carboxylic acids is 6. The molecule has 0 spiro atoms. The summed E-state index contributed by atoms with van der Waals surface area (Å²) in [6.45, 7) is 11.6. The topological polar surface area (TPSA) is 161 Å². The summed E-state index contributed by atoms with van der Waals surface area (Å²) in [6, 6.07) is 0. The number of rotatable bonds is 10. The van der Waals surface area contributed by atoms with Gasteiger partial charge in [-0.05, 0) is 117 Å². The SMILES string of the molecule is CC1CC2C3C[C@H](F)C4=CC(=O)C=CC4(C)[C@@]3(F)[C@@H](O)CC2(C)[C@@]1(OC(=O)C(Cl)Cl)C(=O)PC=S.CCC(=O)O[C@]1(C(=O)PC=S)C(C)CC2C3C[C@H](F)C4=CC(=O)C=CC4(C)[C@@]3(F)[C@@H](O)CC21C. The molecule has 8 aliphatic carbocycles. The summed E-state index contributed by atoms with van der Waals surface area (Å²) in [6.07, 6.45) is 0.856. The van der Waals surface area contributed by atoms with Gasteiger partial charge in [0, 0.05) is 62.0 Å². The lowest BCUT2D eigenvalue weighted by Gasteiger charge is -2.63. The highest BCUT2D eigenvalue weighted by molar-refractivity contribution is 7.95. The Hall–Kier alpha value is -2.16. The molecule has 0 heterocycles. The van der Waals surface area contributed by atoms with Gasteiger partial charge in [0.1, 0.15) is 12.3 Å². The predicted octanol–water partition coefficient (Wildman–Crippen LogP) is 9.20. The third kappa shape index (κ3) is 7.45. The zero-order valence-electron chi connectivity index (χ0n) is 39.2. The normalized spacial score (nSPS) is 47.1. The van der Waals surface area contributed by atoms with Gasteiger partial charge in [-0.1, -0.05) is 94.4 Å². The fraction of sp³-hybridized carbons (Fsp3) is 0.673. The summed E-state index contributed by atoms with van der Waals surface area (Å²) < 4.78 is 77.4. The van der Waals surface area contributed by atoms with Gasteiger partial charge in [0.05, 0.1) is 12.2 Å². The van der Waals surface area contributed by atoms with Gasteiger partial charge in [-0.2, -0.15) is 0 Å². The highest BCUT2D eigenvalue weighted by Crippen LogP contribution is 2.74. The zero-order chi connectivity index (χ0) is 51.4. The van der Waals surface area contributed by atoms with Crippen molar-refractivity contribution in [2.45, 2.75) is 145 Å². The number of allylic oxidation sites excluding steroid dienone is 8. The van der Waals surface area contributed by atoms with Crippen LogP contribution in [0.2, 0.25) is 0 Å². The Morgan fingerprint density at radius 2 is 1.10 bits per heavy atom. The molecular weight excluding hydrogens is 1020 g/mol. The van der Waals surface area contributed by atoms with Crippen molar-refractivity contribution in [3.05, 3.63) is 47.6 Å². The monoisotopic (exact) mass is 1080 g/mol. The van der Waals surface area contributed by atoms with Crippen LogP contribution in [0.4, 0.5) is 17.6 Å². The maximum atomic E-state index is 17.3. The van der Waals surface area contributed by atoms with Gasteiger partial charge in [0.15, 0.2) is 45.2 Å². The van der Waals surface area contributed by atoms with Gasteiger partial charge in [-0.15, -0.1) is 0 Å². The van der Waals surface area contributed by atoms with Crippen LogP contribution in [-0.2, 0) is 38.2 Å². The molecule has 0 aromatic rings. The molecule has 0 aliphatic heterocycles. The van der Waals surface area contributed by atoms with E-state index in [1.165, 1.54) is 48.4 Å². The summed E-state index contributed by atoms with van der Waals surface area (Å²) >= 11 is 21.4. The second-order valence-electron chi connectivity index (χ2n) is 21.2. The van der Waals surface area contributed by atoms with Crippen LogP contribution in [0.5, 0.6) is 0 Å². The predicted molar refractivity (Wildman–Crippen MR) is 264 cm³/mol. The van der Waals surface area contributed by atoms with E-state index in [2.05, 4.69) is 0 Å². The average Bonchev–Trinajstić information content (AvgIpc) is 3.63. The Morgan fingerprint density at radius 1 is 0.725 bits per heavy atom. The molecule has 8 rings (SSSR count). The standard InChI is InChI=1S/C25H31F2O5PS.C24H27Cl2F2O5PS/c1-5-20(30)32-25(21(31)33-12-34)13(2)8-15-16-10-18(26)17-9-14(28)6-7-22(17,3)24(16,27)19(29)11-23(15,25)4;1-11-6-13-14-8-16(27)15-7-12(29)4-5-21(15,2)23(14,28)17(30)9-22(13,3)24(11,20(32)34-10-35)33-19(31)18(25)26/h6-7,9,12-13,15-16,18-19,29,33H,5,8,10-11H2,1-4H3;4-5,7,10-11,13-14,16-18,30,34H,6,8-9H2,1-3H3/t13?,15?,16?,18-,19-,22?,23?,24-,25-;11?,13?,14?,16-,17-,21?,22?,23-,24-/m00/s1. The number of hydrogen-bond donors (Lipinski definition) is 2. The maximum Gasteiger partial charge on any atom is 0.340 e. The summed E-state index contributed by atoms with van der Waals surface area (Å²) in [5, 5.41) is 25.4. The number of aliphatic hydroxyl groups excluding tert-OH is 2. The van der Waals surface area contributed by atoms with Gasteiger partial charge < -0.3 is 19.7 Å². The van der Waals surface area contributed by atoms with Crippen LogP contribution in [0.1, 0.15) is 93.4 Å². The minimum absolute atomic E-state index is 0.0144. The van der Waals surface area contributed by atoms with Crippen LogP contribution in [0.25, 0.3) is 0 Å². The smallest absolute Gasteiger partial charge is 0.340 e. The van der Waals surface area contributed by atoms with E-state index in [1.807, 2.05) is 0 Å². The molecule has 0 saturated heterocycles. The Morgan fingerprint density at radius 3 is 1.45 bits per heavy atom. The van der Waals surface area contributed by atoms with Crippen molar-refractivity contribution < 1.29 is 66.0 Å². The summed E-state index contributed by atoms with van der Waals surface area (Å²) in [4.78, 5) is 74.7. The first kappa shape index (κ1) is 54.6. The summed E-state index contributed by atoms with van der Waals surface area (Å²) in [5.74, 6) is -6.57. The molecule has 0 bridgehead atoms. The van der Waals surface area contributed by atoms with Crippen molar-refractivity contribution in [1.29, 1.82) is 0 Å². The van der Waals surface area contributed by atoms with E-state index in [1.54, 1.807) is 34.6 Å². The molecular formula is C49H58Cl2F4O10P2S2. The number of esters is 2. The molecule has 6 fully saturated rings. The lowest BCUT2D eigenvalue weighted by molar-refractivity contribution is -0.228. The van der Waals surface area contributed by atoms with Crippen molar-refractivity contribution in [3.63, 3.8) is 0 Å². The molecule has 10 nitrogen and oxygen atoms in total. The first-order valence-electron chi connectivity index (χ1n) is 23.2. The number of fused-ring (bicyclic) bond motifs is 10. The van der Waals surface area contributed by atoms with Crippen LogP contribution in [0.15, 0.2) is 47.6 Å². The quantitative estimate of drug-likeness (QED) is 0.0703. The summed E-state index contributed by atoms with van der Waals surface area (Å²) in [7, 11) is -0.887. The Kier molecular flexibility index (Phi) is 14.8. The lowest BCUT2D eigenvalue weighted by Crippen LogP contribution is -2.70. The molecule has 69 heavy (non-hydrogen) atoms. The van der Waals surface area contributed by atoms with Gasteiger partial charge >= 0.3 is 11.9 Å². The van der Waals surface area contributed by atoms with E-state index in [0.717, 1.165) is 12.2 Å². The average molecular weight is 1080 g/mol.